The predicted octanol–water partition coefficient (Wildman–Crippen LogP) is 1.90. The Morgan fingerprint density at radius 2 is 2.05 bits per heavy atom. The number of ether oxygens (including phenoxy) is 3. The molecule has 0 saturated heterocycles. The van der Waals surface area contributed by atoms with Crippen LogP contribution in [0, 0.1) is 0 Å². The molecule has 1 unspecified atom stereocenters. The van der Waals surface area contributed by atoms with E-state index >= 15 is 0 Å². The SMILES string of the molecule is CCOCCCNCCC(O)c1ccc2c(c1)OCCO2. The molecule has 21 heavy (non-hydrogen) atoms. The molecule has 5 heteroatoms. The van der Waals surface area contributed by atoms with E-state index in [1.165, 1.54) is 0 Å². The van der Waals surface area contributed by atoms with Crippen molar-refractivity contribution in [2.24, 2.45) is 0 Å². The van der Waals surface area contributed by atoms with Gasteiger partial charge in [-0.3, -0.25) is 0 Å². The highest BCUT2D eigenvalue weighted by Gasteiger charge is 2.15. The monoisotopic (exact) mass is 295 g/mol. The maximum absolute atomic E-state index is 10.2. The Labute approximate surface area is 126 Å². The lowest BCUT2D eigenvalue weighted by molar-refractivity contribution is 0.143. The molecule has 5 nitrogen and oxygen atoms in total. The summed E-state index contributed by atoms with van der Waals surface area (Å²) in [6, 6.07) is 5.63. The van der Waals surface area contributed by atoms with Gasteiger partial charge >= 0.3 is 0 Å². The summed E-state index contributed by atoms with van der Waals surface area (Å²) in [7, 11) is 0. The minimum absolute atomic E-state index is 0.486. The van der Waals surface area contributed by atoms with Crippen LogP contribution in [0.25, 0.3) is 0 Å². The molecule has 0 aromatic heterocycles. The van der Waals surface area contributed by atoms with Crippen molar-refractivity contribution in [3.8, 4) is 11.5 Å². The Bertz CT molecular complexity index is 425. The lowest BCUT2D eigenvalue weighted by Crippen LogP contribution is -2.20. The van der Waals surface area contributed by atoms with Gasteiger partial charge in [0.1, 0.15) is 13.2 Å². The molecule has 1 aromatic carbocycles. The van der Waals surface area contributed by atoms with Crippen LogP contribution in [-0.2, 0) is 4.74 Å². The maximum atomic E-state index is 10.2. The van der Waals surface area contributed by atoms with E-state index < -0.39 is 6.10 Å². The van der Waals surface area contributed by atoms with Gasteiger partial charge in [0.25, 0.3) is 0 Å². The van der Waals surface area contributed by atoms with Gasteiger partial charge in [-0.2, -0.15) is 0 Å². The number of aliphatic hydroxyl groups is 1. The Morgan fingerprint density at radius 3 is 2.86 bits per heavy atom. The highest BCUT2D eigenvalue weighted by atomic mass is 16.6. The van der Waals surface area contributed by atoms with Crippen molar-refractivity contribution in [1.82, 2.24) is 5.32 Å². The van der Waals surface area contributed by atoms with Crippen LogP contribution < -0.4 is 14.8 Å². The fourth-order valence-corrected chi connectivity index (χ4v) is 2.24. The highest BCUT2D eigenvalue weighted by molar-refractivity contribution is 5.44. The van der Waals surface area contributed by atoms with Crippen molar-refractivity contribution >= 4 is 0 Å². The van der Waals surface area contributed by atoms with E-state index in [2.05, 4.69) is 5.32 Å². The van der Waals surface area contributed by atoms with Gasteiger partial charge in [0, 0.05) is 13.2 Å². The van der Waals surface area contributed by atoms with Crippen LogP contribution in [0.1, 0.15) is 31.4 Å². The molecule has 1 aromatic rings. The molecular weight excluding hydrogens is 270 g/mol. The van der Waals surface area contributed by atoms with Crippen molar-refractivity contribution in [3.63, 3.8) is 0 Å². The average molecular weight is 295 g/mol. The van der Waals surface area contributed by atoms with Gasteiger partial charge in [0.15, 0.2) is 11.5 Å². The lowest BCUT2D eigenvalue weighted by Gasteiger charge is -2.20. The van der Waals surface area contributed by atoms with Crippen molar-refractivity contribution < 1.29 is 19.3 Å². The molecule has 0 spiro atoms. The first-order chi connectivity index (χ1) is 10.3. The predicted molar refractivity (Wildman–Crippen MR) is 81.0 cm³/mol. The summed E-state index contributed by atoms with van der Waals surface area (Å²) in [4.78, 5) is 0. The van der Waals surface area contributed by atoms with Gasteiger partial charge in [0.05, 0.1) is 6.10 Å². The third kappa shape index (κ3) is 5.19. The number of hydrogen-bond acceptors (Lipinski definition) is 5. The molecule has 1 aliphatic heterocycles. The summed E-state index contributed by atoms with van der Waals surface area (Å²) in [5.41, 5.74) is 0.871. The minimum Gasteiger partial charge on any atom is -0.486 e. The van der Waals surface area contributed by atoms with Crippen molar-refractivity contribution in [1.29, 1.82) is 0 Å². The van der Waals surface area contributed by atoms with Gasteiger partial charge < -0.3 is 24.6 Å². The van der Waals surface area contributed by atoms with Crippen molar-refractivity contribution in [2.75, 3.05) is 39.5 Å². The maximum Gasteiger partial charge on any atom is 0.161 e. The highest BCUT2D eigenvalue weighted by Crippen LogP contribution is 2.33. The zero-order valence-electron chi connectivity index (χ0n) is 12.6. The molecule has 1 heterocycles. The topological polar surface area (TPSA) is 60.0 Å². The second-order valence-electron chi connectivity index (χ2n) is 5.01. The second-order valence-corrected chi connectivity index (χ2v) is 5.01. The second kappa shape index (κ2) is 8.87. The van der Waals surface area contributed by atoms with Crippen LogP contribution in [0.2, 0.25) is 0 Å². The van der Waals surface area contributed by atoms with Gasteiger partial charge in [-0.1, -0.05) is 6.07 Å². The fraction of sp³-hybridized carbons (Fsp3) is 0.625. The van der Waals surface area contributed by atoms with Gasteiger partial charge in [0.2, 0.25) is 0 Å². The Hall–Kier alpha value is -1.30. The summed E-state index contributed by atoms with van der Waals surface area (Å²) in [6.45, 7) is 6.39. The zero-order valence-corrected chi connectivity index (χ0v) is 12.6. The zero-order chi connectivity index (χ0) is 14.9. The minimum atomic E-state index is -0.486. The van der Waals surface area contributed by atoms with Gasteiger partial charge in [-0.15, -0.1) is 0 Å². The number of rotatable bonds is 9. The fourth-order valence-electron chi connectivity index (χ4n) is 2.24. The largest absolute Gasteiger partial charge is 0.486 e. The van der Waals surface area contributed by atoms with Crippen molar-refractivity contribution in [3.05, 3.63) is 23.8 Å². The van der Waals surface area contributed by atoms with E-state index in [-0.39, 0.29) is 0 Å². The quantitative estimate of drug-likeness (QED) is 0.681. The number of fused-ring (bicyclic) bond motifs is 1. The number of benzene rings is 1. The number of hydrogen-bond donors (Lipinski definition) is 2. The van der Waals surface area contributed by atoms with E-state index in [1.807, 2.05) is 25.1 Å². The molecule has 0 fully saturated rings. The molecule has 2 rings (SSSR count). The van der Waals surface area contributed by atoms with Crippen LogP contribution in [-0.4, -0.2) is 44.6 Å². The molecule has 0 radical (unpaired) electrons. The van der Waals surface area contributed by atoms with E-state index in [1.54, 1.807) is 0 Å². The molecule has 0 amide bonds. The smallest absolute Gasteiger partial charge is 0.161 e. The molecule has 0 bridgehead atoms. The van der Waals surface area contributed by atoms with E-state index in [0.717, 1.165) is 49.8 Å². The normalized spacial score (nSPS) is 15.0. The van der Waals surface area contributed by atoms with Crippen LogP contribution in [0.15, 0.2) is 18.2 Å². The molecule has 0 saturated carbocycles. The summed E-state index contributed by atoms with van der Waals surface area (Å²) < 4.78 is 16.3. The summed E-state index contributed by atoms with van der Waals surface area (Å²) >= 11 is 0. The first kappa shape index (κ1) is 16.1. The lowest BCUT2D eigenvalue weighted by atomic mass is 10.1. The summed E-state index contributed by atoms with van der Waals surface area (Å²) in [5.74, 6) is 1.48. The Morgan fingerprint density at radius 1 is 1.24 bits per heavy atom. The summed E-state index contributed by atoms with van der Waals surface area (Å²) in [6.07, 6.45) is 1.18. The van der Waals surface area contributed by atoms with E-state index in [0.29, 0.717) is 19.6 Å². The first-order valence-electron chi connectivity index (χ1n) is 7.67. The van der Waals surface area contributed by atoms with Crippen molar-refractivity contribution in [2.45, 2.75) is 25.9 Å². The summed E-state index contributed by atoms with van der Waals surface area (Å²) in [5, 5.41) is 13.5. The van der Waals surface area contributed by atoms with Gasteiger partial charge in [-0.05, 0) is 50.6 Å². The molecule has 1 atom stereocenters. The van der Waals surface area contributed by atoms with Gasteiger partial charge in [-0.25, -0.2) is 0 Å². The molecule has 118 valence electrons. The van der Waals surface area contributed by atoms with Crippen LogP contribution in [0.3, 0.4) is 0 Å². The molecule has 1 aliphatic rings. The molecular formula is C16H25NO4. The van der Waals surface area contributed by atoms with E-state index in [4.69, 9.17) is 14.2 Å². The van der Waals surface area contributed by atoms with E-state index in [9.17, 15) is 5.11 Å². The van der Waals surface area contributed by atoms with Crippen LogP contribution in [0.4, 0.5) is 0 Å². The third-order valence-electron chi connectivity index (χ3n) is 3.39. The number of nitrogens with one attached hydrogen (secondary N) is 1. The van der Waals surface area contributed by atoms with Crippen LogP contribution in [0.5, 0.6) is 11.5 Å². The Kier molecular flexibility index (Phi) is 6.79. The molecule has 2 N–H and O–H groups in total. The Balaban J connectivity index is 1.69. The van der Waals surface area contributed by atoms with Crippen LogP contribution >= 0.6 is 0 Å². The standard InChI is InChI=1S/C16H25NO4/c1-2-19-9-3-7-17-8-6-14(18)13-4-5-15-16(12-13)21-11-10-20-15/h4-5,12,14,17-18H,2-3,6-11H2,1H3. The number of aliphatic hydroxyl groups excluding tert-OH is 1. The third-order valence-corrected chi connectivity index (χ3v) is 3.39. The average Bonchev–Trinajstić information content (AvgIpc) is 2.53. The molecule has 0 aliphatic carbocycles. The first-order valence-corrected chi connectivity index (χ1v) is 7.67.